The summed E-state index contributed by atoms with van der Waals surface area (Å²) in [6.07, 6.45) is 1.95. The fourth-order valence-corrected chi connectivity index (χ4v) is 3.92. The molecular weight excluding hydrogens is 338 g/mol. The van der Waals surface area contributed by atoms with Gasteiger partial charge < -0.3 is 20.7 Å². The predicted molar refractivity (Wildman–Crippen MR) is 100 cm³/mol. The van der Waals surface area contributed by atoms with Crippen LogP contribution in [0.25, 0.3) is 0 Å². The first kappa shape index (κ1) is 16.4. The zero-order chi connectivity index (χ0) is 17.4. The van der Waals surface area contributed by atoms with E-state index in [1.165, 1.54) is 5.56 Å². The molecule has 0 amide bonds. The molecule has 1 saturated heterocycles. The van der Waals surface area contributed by atoms with E-state index in [1.807, 2.05) is 19.1 Å². The van der Waals surface area contributed by atoms with Gasteiger partial charge in [-0.3, -0.25) is 0 Å². The Morgan fingerprint density at radius 3 is 3.04 bits per heavy atom. The van der Waals surface area contributed by atoms with E-state index in [2.05, 4.69) is 26.3 Å². The number of aromatic nitrogens is 2. The number of nitrogen functional groups attached to an aromatic ring is 1. The van der Waals surface area contributed by atoms with Crippen LogP contribution in [0.4, 0.5) is 17.5 Å². The molecule has 132 valence electrons. The van der Waals surface area contributed by atoms with Crippen LogP contribution in [0.1, 0.15) is 29.3 Å². The highest BCUT2D eigenvalue weighted by molar-refractivity contribution is 6.31. The van der Waals surface area contributed by atoms with Gasteiger partial charge in [-0.05, 0) is 37.0 Å². The third-order valence-corrected chi connectivity index (χ3v) is 5.11. The maximum absolute atomic E-state index is 6.63. The monoisotopic (exact) mass is 359 g/mol. The summed E-state index contributed by atoms with van der Waals surface area (Å²) in [6, 6.07) is 6.22. The first-order valence-corrected chi connectivity index (χ1v) is 9.01. The van der Waals surface area contributed by atoms with Crippen molar-refractivity contribution in [3.63, 3.8) is 0 Å². The van der Waals surface area contributed by atoms with Crippen molar-refractivity contribution >= 4 is 29.1 Å². The van der Waals surface area contributed by atoms with E-state index in [0.29, 0.717) is 12.6 Å². The van der Waals surface area contributed by atoms with E-state index in [0.717, 1.165) is 60.3 Å². The number of nitrogens with two attached hydrogens (primary N) is 1. The molecule has 0 radical (unpaired) electrons. The van der Waals surface area contributed by atoms with Gasteiger partial charge in [0.25, 0.3) is 0 Å². The highest BCUT2D eigenvalue weighted by Crippen LogP contribution is 2.37. The third kappa shape index (κ3) is 3.24. The van der Waals surface area contributed by atoms with Crippen molar-refractivity contribution in [2.45, 2.75) is 25.8 Å². The minimum Gasteiger partial charge on any atom is -0.384 e. The Hall–Kier alpha value is -2.05. The van der Waals surface area contributed by atoms with Gasteiger partial charge in [-0.1, -0.05) is 17.7 Å². The van der Waals surface area contributed by atoms with Crippen LogP contribution in [0.2, 0.25) is 5.02 Å². The second-order valence-electron chi connectivity index (χ2n) is 6.57. The summed E-state index contributed by atoms with van der Waals surface area (Å²) in [5.74, 6) is 1.12. The first-order valence-electron chi connectivity index (χ1n) is 8.63. The smallest absolute Gasteiger partial charge is 0.222 e. The lowest BCUT2D eigenvalue weighted by molar-refractivity contribution is 0.134. The number of hydrogen-bond donors (Lipinski definition) is 2. The van der Waals surface area contributed by atoms with Gasteiger partial charge in [0, 0.05) is 42.2 Å². The number of halogens is 1. The van der Waals surface area contributed by atoms with Crippen molar-refractivity contribution in [2.75, 3.05) is 42.3 Å². The molecule has 1 fully saturated rings. The summed E-state index contributed by atoms with van der Waals surface area (Å²) in [6.45, 7) is 5.04. The van der Waals surface area contributed by atoms with E-state index in [-0.39, 0.29) is 6.04 Å². The quantitative estimate of drug-likeness (QED) is 0.858. The Bertz CT molecular complexity index is 777. The van der Waals surface area contributed by atoms with E-state index >= 15 is 0 Å². The van der Waals surface area contributed by atoms with Gasteiger partial charge in [0.2, 0.25) is 5.95 Å². The summed E-state index contributed by atoms with van der Waals surface area (Å²) in [5, 5.41) is 4.13. The Balaban J connectivity index is 1.77. The second kappa shape index (κ2) is 6.69. The molecule has 4 rings (SSSR count). The van der Waals surface area contributed by atoms with Crippen molar-refractivity contribution < 1.29 is 4.74 Å². The number of benzene rings is 1. The highest BCUT2D eigenvalue weighted by atomic mass is 35.5. The molecule has 0 saturated carbocycles. The fourth-order valence-electron chi connectivity index (χ4n) is 3.63. The Kier molecular flexibility index (Phi) is 4.39. The predicted octanol–water partition coefficient (Wildman–Crippen LogP) is 2.96. The molecule has 2 aliphatic rings. The lowest BCUT2D eigenvalue weighted by atomic mass is 10.0. The van der Waals surface area contributed by atoms with E-state index in [1.54, 1.807) is 0 Å². The third-order valence-electron chi connectivity index (χ3n) is 4.78. The molecule has 2 aromatic rings. The van der Waals surface area contributed by atoms with Gasteiger partial charge in [0.15, 0.2) is 0 Å². The fraction of sp³-hybridized carbons (Fsp3) is 0.444. The van der Waals surface area contributed by atoms with Gasteiger partial charge in [0.05, 0.1) is 12.6 Å². The molecule has 1 atom stereocenters. The van der Waals surface area contributed by atoms with Gasteiger partial charge in [-0.25, -0.2) is 4.98 Å². The molecule has 1 aromatic carbocycles. The Labute approximate surface area is 152 Å². The molecule has 7 heteroatoms. The maximum atomic E-state index is 6.63. The van der Waals surface area contributed by atoms with Crippen LogP contribution in [0.5, 0.6) is 0 Å². The number of aryl methyl sites for hydroxylation is 1. The van der Waals surface area contributed by atoms with Crippen LogP contribution < -0.4 is 16.0 Å². The number of fused-ring (bicyclic) bond motifs is 1. The van der Waals surface area contributed by atoms with Crippen molar-refractivity contribution in [1.82, 2.24) is 9.97 Å². The summed E-state index contributed by atoms with van der Waals surface area (Å²) in [7, 11) is 0. The lowest BCUT2D eigenvalue weighted by Crippen LogP contribution is -2.32. The average molecular weight is 360 g/mol. The van der Waals surface area contributed by atoms with Crippen LogP contribution in [0.15, 0.2) is 18.2 Å². The molecular formula is C18H22ClN5O. The summed E-state index contributed by atoms with van der Waals surface area (Å²) < 4.78 is 5.86. The van der Waals surface area contributed by atoms with Gasteiger partial charge in [-0.15, -0.1) is 0 Å². The van der Waals surface area contributed by atoms with Crippen molar-refractivity contribution in [2.24, 2.45) is 0 Å². The van der Waals surface area contributed by atoms with Crippen LogP contribution in [0.3, 0.4) is 0 Å². The molecule has 0 aliphatic carbocycles. The first-order chi connectivity index (χ1) is 12.1. The molecule has 3 N–H and O–H groups in total. The Morgan fingerprint density at radius 2 is 2.20 bits per heavy atom. The van der Waals surface area contributed by atoms with E-state index in [9.17, 15) is 0 Å². The second-order valence-corrected chi connectivity index (χ2v) is 6.98. The number of anilines is 3. The highest BCUT2D eigenvalue weighted by Gasteiger charge is 2.28. The lowest BCUT2D eigenvalue weighted by Gasteiger charge is -2.31. The molecule has 25 heavy (non-hydrogen) atoms. The minimum absolute atomic E-state index is 0.00889. The molecule has 0 spiro atoms. The molecule has 2 aliphatic heterocycles. The van der Waals surface area contributed by atoms with Crippen LogP contribution in [0, 0.1) is 6.92 Å². The number of nitrogens with one attached hydrogen (secondary N) is 1. The molecule has 1 aromatic heterocycles. The standard InChI is InChI=1S/C18H22ClN5O/c1-11-7-17(23-18(20)22-11)24-5-2-6-25-10-16(24)13-8-12-3-4-21-15(12)9-14(13)19/h7-9,16,21H,2-6,10H2,1H3,(H2,20,22,23)/t16-/m0/s1. The number of rotatable bonds is 2. The zero-order valence-corrected chi connectivity index (χ0v) is 15.0. The average Bonchev–Trinajstić information content (AvgIpc) is 2.87. The van der Waals surface area contributed by atoms with E-state index < -0.39 is 0 Å². The summed E-state index contributed by atoms with van der Waals surface area (Å²) in [5.41, 5.74) is 10.3. The minimum atomic E-state index is 0.00889. The maximum Gasteiger partial charge on any atom is 0.222 e. The zero-order valence-electron chi connectivity index (χ0n) is 14.3. The van der Waals surface area contributed by atoms with Crippen molar-refractivity contribution in [1.29, 1.82) is 0 Å². The van der Waals surface area contributed by atoms with Gasteiger partial charge in [0.1, 0.15) is 5.82 Å². The van der Waals surface area contributed by atoms with Crippen LogP contribution in [-0.4, -0.2) is 36.3 Å². The topological polar surface area (TPSA) is 76.3 Å². The number of nitrogens with zero attached hydrogens (tertiary/aromatic N) is 3. The SMILES string of the molecule is Cc1cc(N2CCCOC[C@H]2c2cc3c(cc2Cl)NCC3)nc(N)n1. The van der Waals surface area contributed by atoms with Crippen molar-refractivity contribution in [3.05, 3.63) is 40.0 Å². The molecule has 6 nitrogen and oxygen atoms in total. The van der Waals surface area contributed by atoms with Crippen molar-refractivity contribution in [3.8, 4) is 0 Å². The summed E-state index contributed by atoms with van der Waals surface area (Å²) in [4.78, 5) is 10.9. The number of hydrogen-bond acceptors (Lipinski definition) is 6. The van der Waals surface area contributed by atoms with Crippen LogP contribution >= 0.6 is 11.6 Å². The molecule has 3 heterocycles. The number of ether oxygens (including phenoxy) is 1. The largest absolute Gasteiger partial charge is 0.384 e. The molecule has 0 bridgehead atoms. The van der Waals surface area contributed by atoms with Crippen LogP contribution in [-0.2, 0) is 11.2 Å². The molecule has 0 unspecified atom stereocenters. The summed E-state index contributed by atoms with van der Waals surface area (Å²) >= 11 is 6.63. The van der Waals surface area contributed by atoms with E-state index in [4.69, 9.17) is 22.1 Å². The normalized spacial score (nSPS) is 20.1. The van der Waals surface area contributed by atoms with Gasteiger partial charge >= 0.3 is 0 Å². The Morgan fingerprint density at radius 1 is 1.32 bits per heavy atom. The van der Waals surface area contributed by atoms with Gasteiger partial charge in [-0.2, -0.15) is 4.98 Å².